The van der Waals surface area contributed by atoms with Gasteiger partial charge in [0, 0.05) is 23.8 Å². The van der Waals surface area contributed by atoms with Crippen LogP contribution in [0.15, 0.2) is 29.2 Å². The van der Waals surface area contributed by atoms with Gasteiger partial charge in [-0.05, 0) is 11.6 Å². The minimum absolute atomic E-state index is 0.0155. The van der Waals surface area contributed by atoms with E-state index in [1.807, 2.05) is 11.8 Å². The summed E-state index contributed by atoms with van der Waals surface area (Å²) in [4.78, 5) is 1.34. The average Bonchev–Trinajstić information content (AvgIpc) is 2.72. The SMILES string of the molecule is COCC(CO)NC1CSc2ccccc21. The van der Waals surface area contributed by atoms with Gasteiger partial charge in [-0.15, -0.1) is 11.8 Å². The monoisotopic (exact) mass is 239 g/mol. The van der Waals surface area contributed by atoms with Crippen LogP contribution in [0, 0.1) is 0 Å². The number of aliphatic hydroxyl groups is 1. The largest absolute Gasteiger partial charge is 0.395 e. The van der Waals surface area contributed by atoms with Crippen molar-refractivity contribution in [3.05, 3.63) is 29.8 Å². The first-order valence-electron chi connectivity index (χ1n) is 5.42. The van der Waals surface area contributed by atoms with Crippen molar-refractivity contribution >= 4 is 11.8 Å². The van der Waals surface area contributed by atoms with Gasteiger partial charge in [-0.1, -0.05) is 18.2 Å². The van der Waals surface area contributed by atoms with E-state index in [2.05, 4.69) is 29.6 Å². The highest BCUT2D eigenvalue weighted by molar-refractivity contribution is 7.99. The molecule has 3 nitrogen and oxygen atoms in total. The molecule has 4 heteroatoms. The Morgan fingerprint density at radius 2 is 2.38 bits per heavy atom. The van der Waals surface area contributed by atoms with Gasteiger partial charge in [-0.2, -0.15) is 0 Å². The van der Waals surface area contributed by atoms with Crippen LogP contribution in [0.5, 0.6) is 0 Å². The number of nitrogens with one attached hydrogen (secondary N) is 1. The Bertz CT molecular complexity index is 346. The Morgan fingerprint density at radius 3 is 3.12 bits per heavy atom. The van der Waals surface area contributed by atoms with Crippen molar-refractivity contribution in [2.45, 2.75) is 17.0 Å². The molecule has 2 unspecified atom stereocenters. The first kappa shape index (κ1) is 11.9. The molecule has 0 bridgehead atoms. The zero-order chi connectivity index (χ0) is 11.4. The number of methoxy groups -OCH3 is 1. The van der Waals surface area contributed by atoms with E-state index in [9.17, 15) is 5.11 Å². The van der Waals surface area contributed by atoms with E-state index >= 15 is 0 Å². The lowest BCUT2D eigenvalue weighted by Crippen LogP contribution is -2.39. The van der Waals surface area contributed by atoms with Crippen molar-refractivity contribution in [3.63, 3.8) is 0 Å². The lowest BCUT2D eigenvalue weighted by atomic mass is 10.1. The van der Waals surface area contributed by atoms with E-state index in [4.69, 9.17) is 4.74 Å². The third kappa shape index (κ3) is 2.58. The van der Waals surface area contributed by atoms with Crippen LogP contribution in [0.4, 0.5) is 0 Å². The summed E-state index contributed by atoms with van der Waals surface area (Å²) in [6.07, 6.45) is 0. The van der Waals surface area contributed by atoms with Gasteiger partial charge in [0.05, 0.1) is 19.3 Å². The number of rotatable bonds is 5. The summed E-state index contributed by atoms with van der Waals surface area (Å²) < 4.78 is 5.06. The van der Waals surface area contributed by atoms with Crippen molar-refractivity contribution in [3.8, 4) is 0 Å². The van der Waals surface area contributed by atoms with Crippen LogP contribution in [0.3, 0.4) is 0 Å². The normalized spacial score (nSPS) is 20.8. The molecule has 2 rings (SSSR count). The van der Waals surface area contributed by atoms with Crippen LogP contribution in [0.25, 0.3) is 0 Å². The first-order chi connectivity index (χ1) is 7.85. The average molecular weight is 239 g/mol. The van der Waals surface area contributed by atoms with Crippen LogP contribution in [-0.2, 0) is 4.74 Å². The zero-order valence-electron chi connectivity index (χ0n) is 9.35. The van der Waals surface area contributed by atoms with Gasteiger partial charge in [0.15, 0.2) is 0 Å². The van der Waals surface area contributed by atoms with Gasteiger partial charge in [0.1, 0.15) is 0 Å². The second-order valence-electron chi connectivity index (χ2n) is 3.90. The molecule has 1 aromatic carbocycles. The molecule has 0 radical (unpaired) electrons. The molecule has 16 heavy (non-hydrogen) atoms. The minimum Gasteiger partial charge on any atom is -0.395 e. The first-order valence-corrected chi connectivity index (χ1v) is 6.41. The van der Waals surface area contributed by atoms with Crippen molar-refractivity contribution in [1.82, 2.24) is 5.32 Å². The van der Waals surface area contributed by atoms with Crippen LogP contribution < -0.4 is 5.32 Å². The number of aliphatic hydroxyl groups excluding tert-OH is 1. The number of hydrogen-bond donors (Lipinski definition) is 2. The summed E-state index contributed by atoms with van der Waals surface area (Å²) in [5, 5.41) is 12.6. The van der Waals surface area contributed by atoms with Gasteiger partial charge >= 0.3 is 0 Å². The highest BCUT2D eigenvalue weighted by atomic mass is 32.2. The van der Waals surface area contributed by atoms with E-state index < -0.39 is 0 Å². The molecule has 1 heterocycles. The maximum atomic E-state index is 9.22. The van der Waals surface area contributed by atoms with Gasteiger partial charge < -0.3 is 15.2 Å². The molecule has 0 saturated carbocycles. The van der Waals surface area contributed by atoms with Crippen molar-refractivity contribution in [2.75, 3.05) is 26.1 Å². The predicted molar refractivity (Wildman–Crippen MR) is 65.8 cm³/mol. The number of hydrogen-bond acceptors (Lipinski definition) is 4. The van der Waals surface area contributed by atoms with E-state index in [1.54, 1.807) is 7.11 Å². The molecule has 1 aliphatic rings. The number of fused-ring (bicyclic) bond motifs is 1. The fourth-order valence-electron chi connectivity index (χ4n) is 1.94. The quantitative estimate of drug-likeness (QED) is 0.815. The van der Waals surface area contributed by atoms with Gasteiger partial charge in [-0.25, -0.2) is 0 Å². The molecule has 0 amide bonds. The van der Waals surface area contributed by atoms with Crippen LogP contribution in [0.1, 0.15) is 11.6 Å². The second kappa shape index (κ2) is 5.68. The Balaban J connectivity index is 2.02. The zero-order valence-corrected chi connectivity index (χ0v) is 10.2. The summed E-state index contributed by atoms with van der Waals surface area (Å²) in [5.41, 5.74) is 1.34. The minimum atomic E-state index is 0.0155. The van der Waals surface area contributed by atoms with E-state index in [0.717, 1.165) is 5.75 Å². The van der Waals surface area contributed by atoms with Crippen molar-refractivity contribution in [2.24, 2.45) is 0 Å². The summed E-state index contributed by atoms with van der Waals surface area (Å²) in [7, 11) is 1.65. The molecular formula is C12H17NO2S. The maximum absolute atomic E-state index is 9.22. The molecule has 1 aliphatic heterocycles. The molecule has 0 spiro atoms. The number of thioether (sulfide) groups is 1. The maximum Gasteiger partial charge on any atom is 0.0638 e. The van der Waals surface area contributed by atoms with E-state index in [-0.39, 0.29) is 12.6 Å². The molecule has 1 aromatic rings. The summed E-state index contributed by atoms with van der Waals surface area (Å²) in [5.74, 6) is 1.03. The summed E-state index contributed by atoms with van der Waals surface area (Å²) in [6, 6.07) is 8.76. The lowest BCUT2D eigenvalue weighted by Gasteiger charge is -2.20. The van der Waals surface area contributed by atoms with Crippen molar-refractivity contribution < 1.29 is 9.84 Å². The van der Waals surface area contributed by atoms with Crippen LogP contribution in [-0.4, -0.2) is 37.2 Å². The number of benzene rings is 1. The van der Waals surface area contributed by atoms with E-state index in [0.29, 0.717) is 12.6 Å². The van der Waals surface area contributed by atoms with Gasteiger partial charge in [-0.3, -0.25) is 0 Å². The fourth-order valence-corrected chi connectivity index (χ4v) is 3.11. The van der Waals surface area contributed by atoms with E-state index in [1.165, 1.54) is 10.5 Å². The molecule has 88 valence electrons. The molecule has 0 saturated heterocycles. The number of ether oxygens (including phenoxy) is 1. The molecule has 2 atom stereocenters. The third-order valence-electron chi connectivity index (χ3n) is 2.73. The molecule has 0 aromatic heterocycles. The Hall–Kier alpha value is -0.550. The van der Waals surface area contributed by atoms with Gasteiger partial charge in [0.2, 0.25) is 0 Å². The van der Waals surface area contributed by atoms with Crippen LogP contribution >= 0.6 is 11.8 Å². The molecule has 0 fully saturated rings. The summed E-state index contributed by atoms with van der Waals surface area (Å²) >= 11 is 1.86. The second-order valence-corrected chi connectivity index (χ2v) is 4.96. The third-order valence-corrected chi connectivity index (χ3v) is 3.91. The van der Waals surface area contributed by atoms with Gasteiger partial charge in [0.25, 0.3) is 0 Å². The Kier molecular flexibility index (Phi) is 4.23. The van der Waals surface area contributed by atoms with Crippen LogP contribution in [0.2, 0.25) is 0 Å². The smallest absolute Gasteiger partial charge is 0.0638 e. The highest BCUT2D eigenvalue weighted by Gasteiger charge is 2.24. The topological polar surface area (TPSA) is 41.5 Å². The predicted octanol–water partition coefficient (Wildman–Crippen LogP) is 1.43. The van der Waals surface area contributed by atoms with Crippen molar-refractivity contribution in [1.29, 1.82) is 0 Å². The Labute approximate surface area is 100 Å². The summed E-state index contributed by atoms with van der Waals surface area (Å²) in [6.45, 7) is 0.650. The fraction of sp³-hybridized carbons (Fsp3) is 0.500. The lowest BCUT2D eigenvalue weighted by molar-refractivity contribution is 0.124. The Morgan fingerprint density at radius 1 is 1.56 bits per heavy atom. The standard InChI is InChI=1S/C12H17NO2S/c1-15-7-9(6-14)13-11-8-16-12-5-3-2-4-10(11)12/h2-5,9,11,13-14H,6-8H2,1H3. The highest BCUT2D eigenvalue weighted by Crippen LogP contribution is 2.37. The molecule has 0 aliphatic carbocycles. The molecular weight excluding hydrogens is 222 g/mol. The molecule has 2 N–H and O–H groups in total.